The summed E-state index contributed by atoms with van der Waals surface area (Å²) in [6.07, 6.45) is -1.51. The summed E-state index contributed by atoms with van der Waals surface area (Å²) in [5, 5.41) is 0. The van der Waals surface area contributed by atoms with Crippen molar-refractivity contribution in [1.29, 1.82) is 0 Å². The lowest BCUT2D eigenvalue weighted by atomic mass is 9.73. The van der Waals surface area contributed by atoms with Crippen LogP contribution in [0.25, 0.3) is 0 Å². The molecule has 0 atom stereocenters. The van der Waals surface area contributed by atoms with Gasteiger partial charge in [-0.15, -0.1) is 0 Å². The number of ether oxygens (including phenoxy) is 2. The molecule has 1 aromatic carbocycles. The molecule has 0 N–H and O–H groups in total. The van der Waals surface area contributed by atoms with Crippen molar-refractivity contribution in [3.63, 3.8) is 0 Å². The Labute approximate surface area is 134 Å². The third kappa shape index (κ3) is 2.99. The Kier molecular flexibility index (Phi) is 4.19. The van der Waals surface area contributed by atoms with E-state index in [0.717, 1.165) is 6.07 Å². The fourth-order valence-corrected chi connectivity index (χ4v) is 3.81. The minimum Gasteiger partial charge on any atom is -0.348 e. The van der Waals surface area contributed by atoms with Gasteiger partial charge in [-0.1, -0.05) is 12.1 Å². The molecule has 1 saturated carbocycles. The van der Waals surface area contributed by atoms with Crippen LogP contribution in [0.3, 0.4) is 0 Å². The van der Waals surface area contributed by atoms with E-state index in [-0.39, 0.29) is 0 Å². The number of benzene rings is 1. The second-order valence-corrected chi connectivity index (χ2v) is 6.61. The monoisotopic (exact) mass is 329 g/mol. The quantitative estimate of drug-likeness (QED) is 0.824. The molecule has 0 aromatic heterocycles. The number of hydrogen-bond acceptors (Lipinski definition) is 3. The van der Waals surface area contributed by atoms with Crippen molar-refractivity contribution >= 4 is 0 Å². The number of hydrogen-bond donors (Lipinski definition) is 0. The van der Waals surface area contributed by atoms with E-state index >= 15 is 0 Å². The molecule has 1 aliphatic carbocycles. The van der Waals surface area contributed by atoms with E-state index in [1.54, 1.807) is 6.07 Å². The highest BCUT2D eigenvalue weighted by molar-refractivity contribution is 5.32. The molecule has 2 aliphatic rings. The molecule has 1 aromatic rings. The number of rotatable bonds is 2. The van der Waals surface area contributed by atoms with Crippen LogP contribution < -0.4 is 0 Å². The highest BCUT2D eigenvalue weighted by atomic mass is 19.4. The molecule has 0 radical (unpaired) electrons. The fourth-order valence-electron chi connectivity index (χ4n) is 3.81. The lowest BCUT2D eigenvalue weighted by Gasteiger charge is -2.48. The van der Waals surface area contributed by atoms with Crippen molar-refractivity contribution in [2.45, 2.75) is 43.2 Å². The third-order valence-electron chi connectivity index (χ3n) is 5.24. The van der Waals surface area contributed by atoms with Gasteiger partial charge < -0.3 is 9.47 Å². The van der Waals surface area contributed by atoms with Crippen LogP contribution in [-0.4, -0.2) is 38.0 Å². The Morgan fingerprint density at radius 1 is 1.00 bits per heavy atom. The van der Waals surface area contributed by atoms with Gasteiger partial charge >= 0.3 is 6.18 Å². The summed E-state index contributed by atoms with van der Waals surface area (Å²) in [6.45, 7) is 1.19. The van der Waals surface area contributed by atoms with Crippen LogP contribution in [-0.2, 0) is 21.2 Å². The van der Waals surface area contributed by atoms with E-state index in [0.29, 0.717) is 44.5 Å². The summed E-state index contributed by atoms with van der Waals surface area (Å²) in [5.41, 5.74) is -0.294. The summed E-state index contributed by atoms with van der Waals surface area (Å²) < 4.78 is 50.6. The largest absolute Gasteiger partial charge is 0.416 e. The first-order valence-electron chi connectivity index (χ1n) is 7.91. The molecule has 0 bridgehead atoms. The molecule has 1 spiro atoms. The SMILES string of the molecule is CN(C)C1(c2cccc(C(F)(F)F)c2)CCC2(CC1)OCCO2. The molecule has 3 rings (SSSR count). The minimum atomic E-state index is -4.32. The van der Waals surface area contributed by atoms with Gasteiger partial charge in [0.1, 0.15) is 0 Å². The Morgan fingerprint density at radius 2 is 1.61 bits per heavy atom. The van der Waals surface area contributed by atoms with E-state index in [1.165, 1.54) is 12.1 Å². The Hall–Kier alpha value is -1.11. The highest BCUT2D eigenvalue weighted by Crippen LogP contribution is 2.48. The summed E-state index contributed by atoms with van der Waals surface area (Å²) in [5.74, 6) is -0.527. The maximum absolute atomic E-state index is 13.0. The molecule has 128 valence electrons. The van der Waals surface area contributed by atoms with Gasteiger partial charge in [0.2, 0.25) is 0 Å². The Bertz CT molecular complexity index is 555. The lowest BCUT2D eigenvalue weighted by Crippen LogP contribution is -2.49. The molecule has 6 heteroatoms. The van der Waals surface area contributed by atoms with Crippen molar-refractivity contribution in [2.75, 3.05) is 27.3 Å². The number of alkyl halides is 3. The smallest absolute Gasteiger partial charge is 0.348 e. The molecular weight excluding hydrogens is 307 g/mol. The molecule has 0 unspecified atom stereocenters. The first kappa shape index (κ1) is 16.7. The first-order valence-corrected chi connectivity index (χ1v) is 7.91. The first-order chi connectivity index (χ1) is 10.8. The van der Waals surface area contributed by atoms with Crippen LogP contribution in [0.1, 0.15) is 36.8 Å². The minimum absolute atomic E-state index is 0.415. The van der Waals surface area contributed by atoms with Crippen LogP contribution in [0.4, 0.5) is 13.2 Å². The van der Waals surface area contributed by atoms with Crippen LogP contribution in [0.2, 0.25) is 0 Å². The molecule has 0 amide bonds. The maximum atomic E-state index is 13.0. The van der Waals surface area contributed by atoms with Crippen LogP contribution >= 0.6 is 0 Å². The molecule has 1 heterocycles. The Morgan fingerprint density at radius 3 is 2.13 bits per heavy atom. The number of nitrogens with zero attached hydrogens (tertiary/aromatic N) is 1. The molecule has 1 aliphatic heterocycles. The summed E-state index contributed by atoms with van der Waals surface area (Å²) >= 11 is 0. The van der Waals surface area contributed by atoms with Crippen molar-refractivity contribution < 1.29 is 22.6 Å². The van der Waals surface area contributed by atoms with Crippen LogP contribution in [0.15, 0.2) is 24.3 Å². The molecule has 1 saturated heterocycles. The van der Waals surface area contributed by atoms with Crippen molar-refractivity contribution in [2.24, 2.45) is 0 Å². The summed E-state index contributed by atoms with van der Waals surface area (Å²) in [4.78, 5) is 2.03. The summed E-state index contributed by atoms with van der Waals surface area (Å²) in [7, 11) is 3.85. The number of halogens is 3. The van der Waals surface area contributed by atoms with Crippen molar-refractivity contribution in [3.8, 4) is 0 Å². The lowest BCUT2D eigenvalue weighted by molar-refractivity contribution is -0.193. The van der Waals surface area contributed by atoms with Gasteiger partial charge in [0, 0.05) is 18.4 Å². The van der Waals surface area contributed by atoms with E-state index in [1.807, 2.05) is 19.0 Å². The fraction of sp³-hybridized carbons (Fsp3) is 0.647. The third-order valence-corrected chi connectivity index (χ3v) is 5.24. The van der Waals surface area contributed by atoms with Crippen molar-refractivity contribution in [3.05, 3.63) is 35.4 Å². The van der Waals surface area contributed by atoms with Gasteiger partial charge in [-0.25, -0.2) is 0 Å². The zero-order chi connectivity index (χ0) is 16.7. The van der Waals surface area contributed by atoms with Crippen LogP contribution in [0, 0.1) is 0 Å². The second kappa shape index (κ2) is 5.76. The second-order valence-electron chi connectivity index (χ2n) is 6.61. The zero-order valence-electron chi connectivity index (χ0n) is 13.4. The summed E-state index contributed by atoms with van der Waals surface area (Å²) in [6, 6.07) is 5.70. The zero-order valence-corrected chi connectivity index (χ0v) is 13.4. The Balaban J connectivity index is 1.91. The average Bonchev–Trinajstić information content (AvgIpc) is 2.96. The van der Waals surface area contributed by atoms with Gasteiger partial charge in [-0.05, 0) is 44.6 Å². The highest BCUT2D eigenvalue weighted by Gasteiger charge is 2.48. The molecule has 23 heavy (non-hydrogen) atoms. The molecular formula is C17H22F3NO2. The molecule has 3 nitrogen and oxygen atoms in total. The maximum Gasteiger partial charge on any atom is 0.416 e. The van der Waals surface area contributed by atoms with Gasteiger partial charge in [-0.3, -0.25) is 4.90 Å². The van der Waals surface area contributed by atoms with Gasteiger partial charge in [0.05, 0.1) is 18.8 Å². The topological polar surface area (TPSA) is 21.7 Å². The van der Waals surface area contributed by atoms with Crippen LogP contribution in [0.5, 0.6) is 0 Å². The van der Waals surface area contributed by atoms with Gasteiger partial charge in [0.25, 0.3) is 0 Å². The van der Waals surface area contributed by atoms with Gasteiger partial charge in [0.15, 0.2) is 5.79 Å². The predicted octanol–water partition coefficient (Wildman–Crippen LogP) is 3.78. The van der Waals surface area contributed by atoms with E-state index < -0.39 is 23.1 Å². The van der Waals surface area contributed by atoms with E-state index in [4.69, 9.17) is 9.47 Å². The van der Waals surface area contributed by atoms with Crippen molar-refractivity contribution in [1.82, 2.24) is 4.90 Å². The standard InChI is InChI=1S/C17H22F3NO2/c1-21(2)15(6-8-16(9-7-15)22-10-11-23-16)13-4-3-5-14(12-13)17(18,19)20/h3-5,12H,6-11H2,1-2H3. The normalized spacial score (nSPS) is 23.6. The molecule has 2 fully saturated rings. The van der Waals surface area contributed by atoms with E-state index in [2.05, 4.69) is 0 Å². The van der Waals surface area contributed by atoms with E-state index in [9.17, 15) is 13.2 Å². The average molecular weight is 329 g/mol. The van der Waals surface area contributed by atoms with Gasteiger partial charge in [-0.2, -0.15) is 13.2 Å². The predicted molar refractivity (Wildman–Crippen MR) is 79.9 cm³/mol.